The molecule has 156 valence electrons. The van der Waals surface area contributed by atoms with Crippen molar-refractivity contribution in [1.82, 2.24) is 5.32 Å². The van der Waals surface area contributed by atoms with Crippen molar-refractivity contribution in [2.24, 2.45) is 0 Å². The molecule has 5 nitrogen and oxygen atoms in total. The minimum Gasteiger partial charge on any atom is -0.376 e. The van der Waals surface area contributed by atoms with Gasteiger partial charge in [0.2, 0.25) is 5.91 Å². The third kappa shape index (κ3) is 6.56. The molecule has 0 unspecified atom stereocenters. The lowest BCUT2D eigenvalue weighted by Gasteiger charge is -2.10. The first-order chi connectivity index (χ1) is 13.5. The first kappa shape index (κ1) is 22.3. The van der Waals surface area contributed by atoms with Gasteiger partial charge in [-0.05, 0) is 42.3 Å². The fourth-order valence-electron chi connectivity index (χ4n) is 2.12. The Morgan fingerprint density at radius 2 is 1.83 bits per heavy atom. The molecule has 0 spiro atoms. The summed E-state index contributed by atoms with van der Waals surface area (Å²) in [5.41, 5.74) is -5.13. The average molecular weight is 435 g/mol. The van der Waals surface area contributed by atoms with E-state index in [9.17, 15) is 35.2 Å². The van der Waals surface area contributed by atoms with Gasteiger partial charge in [-0.15, -0.1) is 0 Å². The maximum absolute atomic E-state index is 13.5. The molecule has 11 heteroatoms. The van der Waals surface area contributed by atoms with Crippen molar-refractivity contribution in [2.75, 3.05) is 6.54 Å². The monoisotopic (exact) mass is 435 g/mol. The van der Waals surface area contributed by atoms with Crippen LogP contribution in [0.3, 0.4) is 0 Å². The van der Waals surface area contributed by atoms with Gasteiger partial charge in [0, 0.05) is 24.3 Å². The zero-order valence-corrected chi connectivity index (χ0v) is 15.4. The first-order valence-electron chi connectivity index (χ1n) is 7.98. The Kier molecular flexibility index (Phi) is 6.96. The summed E-state index contributed by atoms with van der Waals surface area (Å²) >= 11 is 0. The van der Waals surface area contributed by atoms with Gasteiger partial charge in [-0.3, -0.25) is 4.79 Å². The van der Waals surface area contributed by atoms with Crippen molar-refractivity contribution in [3.05, 3.63) is 71.3 Å². The van der Waals surface area contributed by atoms with Gasteiger partial charge < -0.3 is 9.50 Å². The Bertz CT molecular complexity index is 1020. The lowest BCUT2D eigenvalue weighted by Crippen LogP contribution is -2.28. The van der Waals surface area contributed by atoms with Crippen molar-refractivity contribution >= 4 is 22.1 Å². The smallest absolute Gasteiger partial charge is 0.376 e. The highest BCUT2D eigenvalue weighted by Crippen LogP contribution is 2.27. The zero-order valence-electron chi connectivity index (χ0n) is 14.5. The fourth-order valence-corrected chi connectivity index (χ4v) is 2.57. The van der Waals surface area contributed by atoms with Crippen LogP contribution in [0.25, 0.3) is 6.08 Å². The van der Waals surface area contributed by atoms with E-state index < -0.39 is 38.9 Å². The van der Waals surface area contributed by atoms with E-state index in [1.807, 2.05) is 0 Å². The molecule has 0 bridgehead atoms. The molecular formula is C18H14F5NO4S. The number of carbonyl (C=O) groups excluding carboxylic acids is 1. The predicted octanol–water partition coefficient (Wildman–Crippen LogP) is 3.57. The maximum atomic E-state index is 13.5. The lowest BCUT2D eigenvalue weighted by molar-refractivity contribution is -0.116. The summed E-state index contributed by atoms with van der Waals surface area (Å²) in [6.45, 7) is 0.0601. The molecule has 0 aliphatic heterocycles. The summed E-state index contributed by atoms with van der Waals surface area (Å²) in [6, 6.07) is 7.82. The molecule has 2 aromatic rings. The minimum atomic E-state index is -5.77. The number of alkyl halides is 3. The van der Waals surface area contributed by atoms with E-state index in [0.29, 0.717) is 11.6 Å². The van der Waals surface area contributed by atoms with E-state index in [1.54, 1.807) is 0 Å². The number of rotatable bonds is 7. The summed E-state index contributed by atoms with van der Waals surface area (Å²) < 4.78 is 89.3. The standard InChI is InChI=1S/C18H14F5NO4S/c19-14-6-4-13(16(20)11-14)5-7-17(25)24-9-8-12-2-1-3-15(10-12)28-29(26,27)18(21,22)23/h1-7,10-11H,8-9H2,(H,24,25). The molecule has 0 atom stereocenters. The van der Waals surface area contributed by atoms with Crippen LogP contribution < -0.4 is 9.50 Å². The van der Waals surface area contributed by atoms with E-state index in [2.05, 4.69) is 9.50 Å². The lowest BCUT2D eigenvalue weighted by atomic mass is 10.1. The van der Waals surface area contributed by atoms with Gasteiger partial charge in [-0.2, -0.15) is 21.6 Å². The summed E-state index contributed by atoms with van der Waals surface area (Å²) in [6.07, 6.45) is 2.35. The van der Waals surface area contributed by atoms with E-state index in [-0.39, 0.29) is 18.5 Å². The van der Waals surface area contributed by atoms with Crippen LogP contribution in [0.15, 0.2) is 48.5 Å². The van der Waals surface area contributed by atoms with Crippen molar-refractivity contribution in [3.8, 4) is 5.75 Å². The van der Waals surface area contributed by atoms with Crippen LogP contribution in [0.4, 0.5) is 22.0 Å². The third-order valence-corrected chi connectivity index (χ3v) is 4.46. The highest BCUT2D eigenvalue weighted by atomic mass is 32.2. The molecule has 0 saturated heterocycles. The molecule has 2 aromatic carbocycles. The number of nitrogens with one attached hydrogen (secondary N) is 1. The Morgan fingerprint density at radius 3 is 2.48 bits per heavy atom. The normalized spacial score (nSPS) is 12.2. The summed E-state index contributed by atoms with van der Waals surface area (Å²) in [4.78, 5) is 11.7. The van der Waals surface area contributed by atoms with Crippen LogP contribution in [-0.2, 0) is 21.3 Å². The molecule has 2 rings (SSSR count). The second-order valence-corrected chi connectivity index (χ2v) is 7.21. The van der Waals surface area contributed by atoms with E-state index in [1.165, 1.54) is 12.1 Å². The first-order valence-corrected chi connectivity index (χ1v) is 9.39. The molecular weight excluding hydrogens is 421 g/mol. The van der Waals surface area contributed by atoms with Crippen molar-refractivity contribution < 1.29 is 39.3 Å². The number of hydrogen-bond acceptors (Lipinski definition) is 4. The van der Waals surface area contributed by atoms with Crippen LogP contribution in [-0.4, -0.2) is 26.4 Å². The van der Waals surface area contributed by atoms with Gasteiger partial charge in [-0.25, -0.2) is 8.78 Å². The number of halogens is 5. The molecule has 1 N–H and O–H groups in total. The van der Waals surface area contributed by atoms with Crippen molar-refractivity contribution in [3.63, 3.8) is 0 Å². The quantitative estimate of drug-likeness (QED) is 0.313. The van der Waals surface area contributed by atoms with Crippen LogP contribution in [0, 0.1) is 11.6 Å². The number of amides is 1. The van der Waals surface area contributed by atoms with Crippen molar-refractivity contribution in [2.45, 2.75) is 11.9 Å². The van der Waals surface area contributed by atoms with Gasteiger partial charge >= 0.3 is 15.6 Å². The number of benzene rings is 2. The summed E-state index contributed by atoms with van der Waals surface area (Å²) in [5.74, 6) is -2.68. The van der Waals surface area contributed by atoms with Gasteiger partial charge in [0.05, 0.1) is 0 Å². The van der Waals surface area contributed by atoms with Crippen LogP contribution in [0.1, 0.15) is 11.1 Å². The SMILES string of the molecule is O=C(C=Cc1ccc(F)cc1F)NCCc1cccc(OS(=O)(=O)C(F)(F)F)c1. The molecule has 0 aliphatic carbocycles. The van der Waals surface area contributed by atoms with E-state index in [4.69, 9.17) is 0 Å². The molecule has 0 saturated carbocycles. The van der Waals surface area contributed by atoms with E-state index >= 15 is 0 Å². The topological polar surface area (TPSA) is 72.5 Å². The second kappa shape index (κ2) is 9.03. The second-order valence-electron chi connectivity index (χ2n) is 5.67. The van der Waals surface area contributed by atoms with Gasteiger partial charge in [-0.1, -0.05) is 12.1 Å². The zero-order chi connectivity index (χ0) is 21.7. The minimum absolute atomic E-state index is 0.0114. The van der Waals surface area contributed by atoms with E-state index in [0.717, 1.165) is 36.4 Å². The van der Waals surface area contributed by atoms with Gasteiger partial charge in [0.15, 0.2) is 0 Å². The molecule has 0 radical (unpaired) electrons. The molecule has 0 fully saturated rings. The maximum Gasteiger partial charge on any atom is 0.534 e. The Hall–Kier alpha value is -2.95. The summed E-state index contributed by atoms with van der Waals surface area (Å²) in [7, 11) is -5.77. The predicted molar refractivity (Wildman–Crippen MR) is 94.2 cm³/mol. The summed E-state index contributed by atoms with van der Waals surface area (Å²) in [5, 5.41) is 2.46. The third-order valence-electron chi connectivity index (χ3n) is 3.48. The number of carbonyl (C=O) groups is 1. The fraction of sp³-hybridized carbons (Fsp3) is 0.167. The Labute approximate surface area is 162 Å². The number of hydrogen-bond donors (Lipinski definition) is 1. The highest BCUT2D eigenvalue weighted by molar-refractivity contribution is 7.88. The average Bonchev–Trinajstić information content (AvgIpc) is 2.60. The Balaban J connectivity index is 1.90. The largest absolute Gasteiger partial charge is 0.534 e. The van der Waals surface area contributed by atoms with Gasteiger partial charge in [0.1, 0.15) is 17.4 Å². The van der Waals surface area contributed by atoms with Crippen molar-refractivity contribution in [1.29, 1.82) is 0 Å². The van der Waals surface area contributed by atoms with Crippen LogP contribution >= 0.6 is 0 Å². The highest BCUT2D eigenvalue weighted by Gasteiger charge is 2.48. The molecule has 0 heterocycles. The molecule has 1 amide bonds. The molecule has 0 aromatic heterocycles. The van der Waals surface area contributed by atoms with Crippen LogP contribution in [0.5, 0.6) is 5.75 Å². The van der Waals surface area contributed by atoms with Crippen LogP contribution in [0.2, 0.25) is 0 Å². The Morgan fingerprint density at radius 1 is 1.10 bits per heavy atom. The molecule has 0 aliphatic rings. The van der Waals surface area contributed by atoms with Gasteiger partial charge in [0.25, 0.3) is 0 Å². The molecule has 29 heavy (non-hydrogen) atoms.